The molecule has 2 atom stereocenters. The molecule has 0 saturated carbocycles. The van der Waals surface area contributed by atoms with Crippen LogP contribution < -0.4 is 10.5 Å². The van der Waals surface area contributed by atoms with E-state index in [0.717, 1.165) is 31.6 Å². The Bertz CT molecular complexity index is 706. The maximum absolute atomic E-state index is 10.4. The number of piperidine rings is 1. The normalized spacial score (nSPS) is 21.2. The summed E-state index contributed by atoms with van der Waals surface area (Å²) in [6.07, 6.45) is 1.14. The molecule has 25 heavy (non-hydrogen) atoms. The number of likely N-dealkylation sites (tertiary alicyclic amines) is 1. The van der Waals surface area contributed by atoms with Crippen LogP contribution >= 0.6 is 0 Å². The summed E-state index contributed by atoms with van der Waals surface area (Å²) in [7, 11) is 1.51. The minimum Gasteiger partial charge on any atom is -0.503 e. The van der Waals surface area contributed by atoms with Crippen LogP contribution in [0.5, 0.6) is 11.5 Å². The largest absolute Gasteiger partial charge is 0.503 e. The van der Waals surface area contributed by atoms with E-state index in [1.54, 1.807) is 12.1 Å². The fourth-order valence-corrected chi connectivity index (χ4v) is 3.55. The van der Waals surface area contributed by atoms with Crippen LogP contribution in [0.15, 0.2) is 42.5 Å². The zero-order valence-electron chi connectivity index (χ0n) is 14.6. The number of anilines is 1. The number of aromatic hydroxyl groups is 1. The lowest BCUT2D eigenvalue weighted by molar-refractivity contribution is 0.0239. The number of benzene rings is 2. The SMILES string of the molecule is COc1cc(CC2CN(Cc3ccccc3)CCC2O)cc(N)c1O. The van der Waals surface area contributed by atoms with Crippen LogP contribution in [0.2, 0.25) is 0 Å². The van der Waals surface area contributed by atoms with Crippen molar-refractivity contribution in [3.05, 3.63) is 53.6 Å². The van der Waals surface area contributed by atoms with Gasteiger partial charge in [-0.05, 0) is 36.1 Å². The molecule has 134 valence electrons. The molecular formula is C20H26N2O3. The number of phenols is 1. The Kier molecular flexibility index (Phi) is 5.46. The summed E-state index contributed by atoms with van der Waals surface area (Å²) in [6, 6.07) is 14.0. The minimum atomic E-state index is -0.326. The highest BCUT2D eigenvalue weighted by atomic mass is 16.5. The Morgan fingerprint density at radius 1 is 1.20 bits per heavy atom. The number of aliphatic hydroxyl groups is 1. The van der Waals surface area contributed by atoms with Crippen molar-refractivity contribution in [1.29, 1.82) is 0 Å². The first kappa shape index (κ1) is 17.6. The maximum atomic E-state index is 10.4. The van der Waals surface area contributed by atoms with Crippen molar-refractivity contribution < 1.29 is 14.9 Å². The molecule has 3 rings (SSSR count). The van der Waals surface area contributed by atoms with Crippen LogP contribution in [0.4, 0.5) is 5.69 Å². The third-order valence-corrected chi connectivity index (χ3v) is 4.91. The predicted molar refractivity (Wildman–Crippen MR) is 98.6 cm³/mol. The first-order chi connectivity index (χ1) is 12.1. The van der Waals surface area contributed by atoms with E-state index < -0.39 is 0 Å². The second-order valence-corrected chi connectivity index (χ2v) is 6.78. The number of hydrogen-bond acceptors (Lipinski definition) is 5. The first-order valence-corrected chi connectivity index (χ1v) is 8.66. The fourth-order valence-electron chi connectivity index (χ4n) is 3.55. The number of nitrogens with two attached hydrogens (primary N) is 1. The van der Waals surface area contributed by atoms with Gasteiger partial charge in [0.15, 0.2) is 11.5 Å². The average molecular weight is 342 g/mol. The number of methoxy groups -OCH3 is 1. The number of rotatable bonds is 5. The summed E-state index contributed by atoms with van der Waals surface area (Å²) in [5.41, 5.74) is 8.43. The topological polar surface area (TPSA) is 79.0 Å². The monoisotopic (exact) mass is 342 g/mol. The van der Waals surface area contributed by atoms with Gasteiger partial charge in [0.25, 0.3) is 0 Å². The summed E-state index contributed by atoms with van der Waals surface area (Å²) in [6.45, 7) is 2.62. The molecule has 1 aliphatic heterocycles. The van der Waals surface area contributed by atoms with Crippen molar-refractivity contribution in [3.63, 3.8) is 0 Å². The van der Waals surface area contributed by atoms with E-state index in [-0.39, 0.29) is 17.8 Å². The molecule has 0 aromatic heterocycles. The Morgan fingerprint density at radius 2 is 1.96 bits per heavy atom. The van der Waals surface area contributed by atoms with Gasteiger partial charge in [0, 0.05) is 25.6 Å². The molecule has 0 aliphatic carbocycles. The molecule has 1 heterocycles. The predicted octanol–water partition coefficient (Wildman–Crippen LogP) is 2.41. The molecule has 2 aromatic rings. The minimum absolute atomic E-state index is 0.0267. The molecule has 4 N–H and O–H groups in total. The quantitative estimate of drug-likeness (QED) is 0.574. The summed E-state index contributed by atoms with van der Waals surface area (Å²) in [4.78, 5) is 2.38. The van der Waals surface area contributed by atoms with Crippen molar-refractivity contribution in [1.82, 2.24) is 4.90 Å². The highest BCUT2D eigenvalue weighted by Gasteiger charge is 2.28. The summed E-state index contributed by atoms with van der Waals surface area (Å²) in [5.74, 6) is 0.480. The highest BCUT2D eigenvalue weighted by molar-refractivity contribution is 5.61. The van der Waals surface area contributed by atoms with Gasteiger partial charge in [-0.25, -0.2) is 0 Å². The Hall–Kier alpha value is -2.24. The van der Waals surface area contributed by atoms with Gasteiger partial charge in [0.2, 0.25) is 0 Å². The molecule has 1 aliphatic rings. The molecule has 0 bridgehead atoms. The number of aliphatic hydroxyl groups excluding tert-OH is 1. The van der Waals surface area contributed by atoms with Crippen LogP contribution in [0, 0.1) is 5.92 Å². The third-order valence-electron chi connectivity index (χ3n) is 4.91. The molecule has 2 unspecified atom stereocenters. The van der Waals surface area contributed by atoms with E-state index in [4.69, 9.17) is 10.5 Å². The van der Waals surface area contributed by atoms with Gasteiger partial charge in [-0.15, -0.1) is 0 Å². The second kappa shape index (κ2) is 7.76. The smallest absolute Gasteiger partial charge is 0.181 e. The Balaban J connectivity index is 1.69. The lowest BCUT2D eigenvalue weighted by Crippen LogP contribution is -2.43. The summed E-state index contributed by atoms with van der Waals surface area (Å²) in [5, 5.41) is 20.3. The van der Waals surface area contributed by atoms with Crippen molar-refractivity contribution in [2.45, 2.75) is 25.5 Å². The Labute approximate surface area is 148 Å². The lowest BCUT2D eigenvalue weighted by atomic mass is 9.88. The molecule has 1 saturated heterocycles. The zero-order valence-corrected chi connectivity index (χ0v) is 14.6. The Morgan fingerprint density at radius 3 is 2.68 bits per heavy atom. The fraction of sp³-hybridized carbons (Fsp3) is 0.400. The maximum Gasteiger partial charge on any atom is 0.181 e. The standard InChI is InChI=1S/C20H26N2O3/c1-25-19-11-15(10-17(21)20(19)24)9-16-13-22(8-7-18(16)23)12-14-5-3-2-4-6-14/h2-6,10-11,16,18,23-24H,7-9,12-13,21H2,1H3. The summed E-state index contributed by atoms with van der Waals surface area (Å²) < 4.78 is 5.18. The molecule has 2 aromatic carbocycles. The third kappa shape index (κ3) is 4.24. The van der Waals surface area contributed by atoms with Crippen LogP contribution in [-0.2, 0) is 13.0 Å². The van der Waals surface area contributed by atoms with Gasteiger partial charge in [-0.2, -0.15) is 0 Å². The molecule has 1 fully saturated rings. The van der Waals surface area contributed by atoms with Crippen molar-refractivity contribution in [2.24, 2.45) is 5.92 Å². The van der Waals surface area contributed by atoms with Crippen LogP contribution in [0.1, 0.15) is 17.5 Å². The van der Waals surface area contributed by atoms with Gasteiger partial charge < -0.3 is 20.7 Å². The van der Waals surface area contributed by atoms with E-state index in [1.165, 1.54) is 12.7 Å². The first-order valence-electron chi connectivity index (χ1n) is 8.66. The van der Waals surface area contributed by atoms with Crippen molar-refractivity contribution in [2.75, 3.05) is 25.9 Å². The number of nitrogens with zero attached hydrogens (tertiary/aromatic N) is 1. The average Bonchev–Trinajstić information content (AvgIpc) is 2.61. The van der Waals surface area contributed by atoms with Crippen LogP contribution in [-0.4, -0.2) is 41.4 Å². The zero-order chi connectivity index (χ0) is 17.8. The van der Waals surface area contributed by atoms with Crippen molar-refractivity contribution >= 4 is 5.69 Å². The highest BCUT2D eigenvalue weighted by Crippen LogP contribution is 2.35. The van der Waals surface area contributed by atoms with Gasteiger partial charge in [-0.1, -0.05) is 30.3 Å². The van der Waals surface area contributed by atoms with E-state index >= 15 is 0 Å². The lowest BCUT2D eigenvalue weighted by Gasteiger charge is -2.36. The van der Waals surface area contributed by atoms with Gasteiger partial charge in [0.05, 0.1) is 18.9 Å². The van der Waals surface area contributed by atoms with Crippen molar-refractivity contribution in [3.8, 4) is 11.5 Å². The van der Waals surface area contributed by atoms with E-state index in [2.05, 4.69) is 29.2 Å². The summed E-state index contributed by atoms with van der Waals surface area (Å²) >= 11 is 0. The number of phenolic OH excluding ortho intramolecular Hbond substituents is 1. The van der Waals surface area contributed by atoms with E-state index in [9.17, 15) is 10.2 Å². The molecule has 0 radical (unpaired) electrons. The molecule has 5 nitrogen and oxygen atoms in total. The molecule has 5 heteroatoms. The van der Waals surface area contributed by atoms with E-state index in [1.807, 2.05) is 6.07 Å². The van der Waals surface area contributed by atoms with Gasteiger partial charge >= 0.3 is 0 Å². The number of nitrogen functional groups attached to an aromatic ring is 1. The van der Waals surface area contributed by atoms with Gasteiger partial charge in [0.1, 0.15) is 0 Å². The number of ether oxygens (including phenoxy) is 1. The number of hydrogen-bond donors (Lipinski definition) is 3. The van der Waals surface area contributed by atoms with E-state index in [0.29, 0.717) is 17.9 Å². The molecule has 0 amide bonds. The molecule has 0 spiro atoms. The van der Waals surface area contributed by atoms with Crippen LogP contribution in [0.25, 0.3) is 0 Å². The second-order valence-electron chi connectivity index (χ2n) is 6.78. The molecular weight excluding hydrogens is 316 g/mol. The van der Waals surface area contributed by atoms with Gasteiger partial charge in [-0.3, -0.25) is 4.90 Å². The van der Waals surface area contributed by atoms with Crippen LogP contribution in [0.3, 0.4) is 0 Å².